The molecule has 1 rings (SSSR count). The van der Waals surface area contributed by atoms with Crippen LogP contribution in [-0.4, -0.2) is 37.0 Å². The SMILES string of the molecule is C#CCNCC(=O)N1CCCC(C(C)(C)C)CC1. The first-order valence-electron chi connectivity index (χ1n) is 6.87. The van der Waals surface area contributed by atoms with E-state index in [1.54, 1.807) is 0 Å². The fraction of sp³-hybridized carbons (Fsp3) is 0.800. The minimum absolute atomic E-state index is 0.180. The molecule has 18 heavy (non-hydrogen) atoms. The summed E-state index contributed by atoms with van der Waals surface area (Å²) in [5.41, 5.74) is 0.348. The number of carbonyl (C=O) groups excluding carboxylic acids is 1. The van der Waals surface area contributed by atoms with E-state index in [9.17, 15) is 4.79 Å². The Kier molecular flexibility index (Phi) is 5.68. The maximum atomic E-state index is 12.0. The molecule has 0 aromatic rings. The van der Waals surface area contributed by atoms with Crippen molar-refractivity contribution in [2.45, 2.75) is 40.0 Å². The molecule has 0 saturated carbocycles. The second-order valence-corrected chi connectivity index (χ2v) is 6.18. The third-order valence-electron chi connectivity index (χ3n) is 3.81. The maximum absolute atomic E-state index is 12.0. The van der Waals surface area contributed by atoms with E-state index in [1.807, 2.05) is 4.90 Å². The molecule has 3 nitrogen and oxygen atoms in total. The number of hydrogen-bond acceptors (Lipinski definition) is 2. The lowest BCUT2D eigenvalue weighted by Gasteiger charge is -2.29. The van der Waals surface area contributed by atoms with Gasteiger partial charge in [0.15, 0.2) is 0 Å². The van der Waals surface area contributed by atoms with Crippen LogP contribution in [0.4, 0.5) is 0 Å². The van der Waals surface area contributed by atoms with Gasteiger partial charge in [-0.15, -0.1) is 6.42 Å². The van der Waals surface area contributed by atoms with Gasteiger partial charge in [-0.05, 0) is 30.6 Å². The molecule has 1 amide bonds. The van der Waals surface area contributed by atoms with E-state index in [-0.39, 0.29) is 5.91 Å². The van der Waals surface area contributed by atoms with Crippen LogP contribution in [0.3, 0.4) is 0 Å². The normalized spacial score (nSPS) is 21.2. The van der Waals surface area contributed by atoms with E-state index in [0.717, 1.165) is 25.9 Å². The van der Waals surface area contributed by atoms with Gasteiger partial charge in [0.1, 0.15) is 0 Å². The smallest absolute Gasteiger partial charge is 0.236 e. The molecule has 102 valence electrons. The van der Waals surface area contributed by atoms with Crippen molar-refractivity contribution in [3.63, 3.8) is 0 Å². The number of nitrogens with one attached hydrogen (secondary N) is 1. The molecule has 1 saturated heterocycles. The van der Waals surface area contributed by atoms with Gasteiger partial charge in [0.2, 0.25) is 5.91 Å². The lowest BCUT2D eigenvalue weighted by molar-refractivity contribution is -0.130. The molecule has 0 aliphatic carbocycles. The Bertz CT molecular complexity index is 311. The standard InChI is InChI=1S/C15H26N2O/c1-5-9-16-12-14(18)17-10-6-7-13(8-11-17)15(2,3)4/h1,13,16H,6-12H2,2-4H3. The van der Waals surface area contributed by atoms with Crippen LogP contribution in [-0.2, 0) is 4.79 Å². The zero-order valence-corrected chi connectivity index (χ0v) is 12.0. The van der Waals surface area contributed by atoms with Crippen molar-refractivity contribution < 1.29 is 4.79 Å². The maximum Gasteiger partial charge on any atom is 0.236 e. The summed E-state index contributed by atoms with van der Waals surface area (Å²) < 4.78 is 0. The van der Waals surface area contributed by atoms with Crippen molar-refractivity contribution in [2.75, 3.05) is 26.2 Å². The van der Waals surface area contributed by atoms with Crippen molar-refractivity contribution in [3.8, 4) is 12.3 Å². The van der Waals surface area contributed by atoms with Gasteiger partial charge in [-0.25, -0.2) is 0 Å². The number of rotatable bonds is 3. The van der Waals surface area contributed by atoms with Gasteiger partial charge in [0.05, 0.1) is 13.1 Å². The largest absolute Gasteiger partial charge is 0.342 e. The summed E-state index contributed by atoms with van der Waals surface area (Å²) in [6.07, 6.45) is 8.60. The van der Waals surface area contributed by atoms with Crippen LogP contribution in [0.2, 0.25) is 0 Å². The van der Waals surface area contributed by atoms with Gasteiger partial charge in [-0.2, -0.15) is 0 Å². The molecular weight excluding hydrogens is 224 g/mol. The Hall–Kier alpha value is -1.01. The molecule has 1 aliphatic heterocycles. The van der Waals surface area contributed by atoms with E-state index < -0.39 is 0 Å². The fourth-order valence-corrected chi connectivity index (χ4v) is 2.57. The van der Waals surface area contributed by atoms with Crippen molar-refractivity contribution in [3.05, 3.63) is 0 Å². The Balaban J connectivity index is 2.42. The van der Waals surface area contributed by atoms with Crippen LogP contribution in [0.25, 0.3) is 0 Å². The first-order valence-corrected chi connectivity index (χ1v) is 6.87. The predicted octanol–water partition coefficient (Wildman–Crippen LogP) is 1.88. The molecule has 0 radical (unpaired) electrons. The second-order valence-electron chi connectivity index (χ2n) is 6.18. The topological polar surface area (TPSA) is 32.3 Å². The zero-order chi connectivity index (χ0) is 13.6. The monoisotopic (exact) mass is 250 g/mol. The van der Waals surface area contributed by atoms with Gasteiger partial charge in [-0.3, -0.25) is 10.1 Å². The summed E-state index contributed by atoms with van der Waals surface area (Å²) in [6.45, 7) is 9.49. The molecule has 1 atom stereocenters. The molecule has 1 aliphatic rings. The van der Waals surface area contributed by atoms with Crippen molar-refractivity contribution in [1.82, 2.24) is 10.2 Å². The molecule has 1 N–H and O–H groups in total. The number of terminal acetylenes is 1. The van der Waals surface area contributed by atoms with Crippen LogP contribution in [0.15, 0.2) is 0 Å². The van der Waals surface area contributed by atoms with Crippen LogP contribution in [0.1, 0.15) is 40.0 Å². The summed E-state index contributed by atoms with van der Waals surface area (Å²) in [6, 6.07) is 0. The number of carbonyl (C=O) groups is 1. The van der Waals surface area contributed by atoms with Crippen LogP contribution in [0, 0.1) is 23.7 Å². The predicted molar refractivity (Wildman–Crippen MR) is 75.1 cm³/mol. The molecule has 1 heterocycles. The Morgan fingerprint density at radius 3 is 2.72 bits per heavy atom. The first-order chi connectivity index (χ1) is 8.45. The summed E-state index contributed by atoms with van der Waals surface area (Å²) >= 11 is 0. The summed E-state index contributed by atoms with van der Waals surface area (Å²) in [7, 11) is 0. The van der Waals surface area contributed by atoms with E-state index in [4.69, 9.17) is 6.42 Å². The van der Waals surface area contributed by atoms with Gasteiger partial charge >= 0.3 is 0 Å². The van der Waals surface area contributed by atoms with Crippen molar-refractivity contribution >= 4 is 5.91 Å². The number of hydrogen-bond donors (Lipinski definition) is 1. The zero-order valence-electron chi connectivity index (χ0n) is 12.0. The molecule has 1 unspecified atom stereocenters. The van der Waals surface area contributed by atoms with Crippen LogP contribution < -0.4 is 5.32 Å². The fourth-order valence-electron chi connectivity index (χ4n) is 2.57. The molecule has 0 spiro atoms. The Morgan fingerprint density at radius 1 is 1.39 bits per heavy atom. The summed E-state index contributed by atoms with van der Waals surface area (Å²) in [5.74, 6) is 3.38. The highest BCUT2D eigenvalue weighted by atomic mass is 16.2. The number of likely N-dealkylation sites (tertiary alicyclic amines) is 1. The average Bonchev–Trinajstić information content (AvgIpc) is 2.54. The third-order valence-corrected chi connectivity index (χ3v) is 3.81. The quantitative estimate of drug-likeness (QED) is 0.613. The molecule has 0 bridgehead atoms. The minimum atomic E-state index is 0.180. The minimum Gasteiger partial charge on any atom is -0.342 e. The van der Waals surface area contributed by atoms with Gasteiger partial charge < -0.3 is 4.90 Å². The van der Waals surface area contributed by atoms with Crippen LogP contribution in [0.5, 0.6) is 0 Å². The average molecular weight is 250 g/mol. The Morgan fingerprint density at radius 2 is 2.11 bits per heavy atom. The van der Waals surface area contributed by atoms with Gasteiger partial charge in [0.25, 0.3) is 0 Å². The first kappa shape index (κ1) is 15.0. The highest BCUT2D eigenvalue weighted by Gasteiger charge is 2.28. The van der Waals surface area contributed by atoms with Crippen molar-refractivity contribution in [1.29, 1.82) is 0 Å². The molecule has 1 fully saturated rings. The molecule has 3 heteroatoms. The summed E-state index contributed by atoms with van der Waals surface area (Å²) in [4.78, 5) is 14.0. The highest BCUT2D eigenvalue weighted by Crippen LogP contribution is 2.34. The number of amides is 1. The van der Waals surface area contributed by atoms with Gasteiger partial charge in [-0.1, -0.05) is 26.7 Å². The third kappa shape index (κ3) is 4.70. The summed E-state index contributed by atoms with van der Waals surface area (Å²) in [5, 5.41) is 2.97. The lowest BCUT2D eigenvalue weighted by atomic mass is 9.77. The van der Waals surface area contributed by atoms with Crippen molar-refractivity contribution in [2.24, 2.45) is 11.3 Å². The lowest BCUT2D eigenvalue weighted by Crippen LogP contribution is -2.39. The van der Waals surface area contributed by atoms with E-state index >= 15 is 0 Å². The van der Waals surface area contributed by atoms with E-state index in [0.29, 0.717) is 24.4 Å². The van der Waals surface area contributed by atoms with Gasteiger partial charge in [0, 0.05) is 13.1 Å². The number of nitrogens with zero attached hydrogens (tertiary/aromatic N) is 1. The Labute approximate surface area is 111 Å². The highest BCUT2D eigenvalue weighted by molar-refractivity contribution is 5.78. The molecular formula is C15H26N2O. The molecule has 0 aromatic carbocycles. The second kappa shape index (κ2) is 6.80. The van der Waals surface area contributed by atoms with E-state index in [2.05, 4.69) is 32.0 Å². The molecule has 0 aromatic heterocycles. The van der Waals surface area contributed by atoms with E-state index in [1.165, 1.54) is 6.42 Å². The van der Waals surface area contributed by atoms with Crippen LogP contribution >= 0.6 is 0 Å².